The summed E-state index contributed by atoms with van der Waals surface area (Å²) in [6.07, 6.45) is 5.86. The molecule has 2 amide bonds. The highest BCUT2D eigenvalue weighted by Crippen LogP contribution is 2.24. The van der Waals surface area contributed by atoms with Gasteiger partial charge < -0.3 is 16.0 Å². The fourth-order valence-corrected chi connectivity index (χ4v) is 5.91. The first-order valence-electron chi connectivity index (χ1n) is 10.6. The van der Waals surface area contributed by atoms with Gasteiger partial charge in [-0.15, -0.1) is 0 Å². The molecule has 0 aliphatic carbocycles. The largest absolute Gasteiger partial charge is 0.369 e. The van der Waals surface area contributed by atoms with Gasteiger partial charge in [-0.25, -0.2) is 13.4 Å². The summed E-state index contributed by atoms with van der Waals surface area (Å²) in [4.78, 5) is 30.7. The molecule has 10 heteroatoms. The molecule has 30 heavy (non-hydrogen) atoms. The molecule has 2 fully saturated rings. The Kier molecular flexibility index (Phi) is 7.30. The molecule has 0 bridgehead atoms. The molecule has 2 aliphatic rings. The zero-order valence-electron chi connectivity index (χ0n) is 17.4. The maximum absolute atomic E-state index is 12.8. The van der Waals surface area contributed by atoms with E-state index in [0.29, 0.717) is 31.6 Å². The Bertz CT molecular complexity index is 858. The summed E-state index contributed by atoms with van der Waals surface area (Å²) < 4.78 is 26.4. The van der Waals surface area contributed by atoms with Gasteiger partial charge in [0.15, 0.2) is 0 Å². The third-order valence-electron chi connectivity index (χ3n) is 5.74. The van der Waals surface area contributed by atoms with Crippen molar-refractivity contribution in [3.05, 3.63) is 18.3 Å². The Morgan fingerprint density at radius 3 is 2.67 bits per heavy atom. The van der Waals surface area contributed by atoms with Gasteiger partial charge in [-0.2, -0.15) is 4.31 Å². The van der Waals surface area contributed by atoms with Crippen molar-refractivity contribution in [2.45, 2.75) is 51.5 Å². The van der Waals surface area contributed by atoms with Gasteiger partial charge in [0.2, 0.25) is 21.8 Å². The van der Waals surface area contributed by atoms with Gasteiger partial charge in [0.1, 0.15) is 11.9 Å². The van der Waals surface area contributed by atoms with Crippen LogP contribution in [0.2, 0.25) is 0 Å². The summed E-state index contributed by atoms with van der Waals surface area (Å²) in [5.74, 6) is -0.0183. The molecule has 3 N–H and O–H groups in total. The van der Waals surface area contributed by atoms with Crippen molar-refractivity contribution < 1.29 is 18.0 Å². The molecule has 3 rings (SSSR count). The highest BCUT2D eigenvalue weighted by Gasteiger charge is 2.36. The third kappa shape index (κ3) is 5.28. The fraction of sp³-hybridized carbons (Fsp3) is 0.650. The number of hydrogen-bond donors (Lipinski definition) is 2. The SMILES string of the molecule is CCCS(=O)(=O)N1CCCCC1C(=O)Nc1ccc(N2CCCC(C(N)=O)C2)nc1. The van der Waals surface area contributed by atoms with Gasteiger partial charge in [0, 0.05) is 19.6 Å². The maximum atomic E-state index is 12.8. The normalized spacial score (nSPS) is 23.2. The highest BCUT2D eigenvalue weighted by molar-refractivity contribution is 7.89. The number of piperidine rings is 2. The van der Waals surface area contributed by atoms with E-state index in [1.165, 1.54) is 4.31 Å². The Morgan fingerprint density at radius 1 is 1.20 bits per heavy atom. The van der Waals surface area contributed by atoms with E-state index in [1.807, 2.05) is 11.8 Å². The van der Waals surface area contributed by atoms with Crippen LogP contribution in [0, 0.1) is 5.92 Å². The topological polar surface area (TPSA) is 126 Å². The number of primary amides is 1. The van der Waals surface area contributed by atoms with Crippen LogP contribution >= 0.6 is 0 Å². The summed E-state index contributed by atoms with van der Waals surface area (Å²) in [6.45, 7) is 3.54. The van der Waals surface area contributed by atoms with E-state index in [2.05, 4.69) is 10.3 Å². The molecule has 0 radical (unpaired) electrons. The second-order valence-electron chi connectivity index (χ2n) is 8.02. The number of rotatable bonds is 7. The maximum Gasteiger partial charge on any atom is 0.242 e. The van der Waals surface area contributed by atoms with E-state index in [4.69, 9.17) is 5.73 Å². The van der Waals surface area contributed by atoms with Crippen LogP contribution in [0.15, 0.2) is 18.3 Å². The standard InChI is InChI=1S/C20H31N5O4S/c1-2-12-30(28,29)25-11-4-3-7-17(25)20(27)23-16-8-9-18(22-13-16)24-10-5-6-15(14-24)19(21)26/h8-9,13,15,17H,2-7,10-12,14H2,1H3,(H2,21,26)(H,23,27). The number of hydrogen-bond acceptors (Lipinski definition) is 6. The number of nitrogens with zero attached hydrogens (tertiary/aromatic N) is 3. The second-order valence-corrected chi connectivity index (χ2v) is 10.1. The van der Waals surface area contributed by atoms with Gasteiger partial charge >= 0.3 is 0 Å². The summed E-state index contributed by atoms with van der Waals surface area (Å²) in [6, 6.07) is 2.86. The molecule has 2 unspecified atom stereocenters. The number of anilines is 2. The first-order chi connectivity index (χ1) is 14.3. The van der Waals surface area contributed by atoms with Crippen molar-refractivity contribution in [1.82, 2.24) is 9.29 Å². The van der Waals surface area contributed by atoms with Crippen LogP contribution in [0.5, 0.6) is 0 Å². The van der Waals surface area contributed by atoms with Crippen molar-refractivity contribution in [2.75, 3.05) is 35.6 Å². The lowest BCUT2D eigenvalue weighted by Crippen LogP contribution is -2.50. The Hall–Kier alpha value is -2.20. The molecule has 9 nitrogen and oxygen atoms in total. The lowest BCUT2D eigenvalue weighted by Gasteiger charge is -2.33. The molecule has 0 aromatic carbocycles. The number of nitrogens with two attached hydrogens (primary N) is 1. The van der Waals surface area contributed by atoms with Gasteiger partial charge in [-0.3, -0.25) is 9.59 Å². The minimum Gasteiger partial charge on any atom is -0.369 e. The predicted octanol–water partition coefficient (Wildman–Crippen LogP) is 1.32. The molecule has 2 atom stereocenters. The van der Waals surface area contributed by atoms with Gasteiger partial charge in [0.25, 0.3) is 0 Å². The van der Waals surface area contributed by atoms with E-state index in [9.17, 15) is 18.0 Å². The highest BCUT2D eigenvalue weighted by atomic mass is 32.2. The first-order valence-corrected chi connectivity index (χ1v) is 12.2. The van der Waals surface area contributed by atoms with Crippen LogP contribution in [0.3, 0.4) is 0 Å². The molecule has 166 valence electrons. The van der Waals surface area contributed by atoms with Crippen molar-refractivity contribution >= 4 is 33.3 Å². The summed E-state index contributed by atoms with van der Waals surface area (Å²) in [5, 5.41) is 2.81. The average molecular weight is 438 g/mol. The van der Waals surface area contributed by atoms with Crippen molar-refractivity contribution in [3.63, 3.8) is 0 Å². The average Bonchev–Trinajstić information content (AvgIpc) is 2.74. The fourth-order valence-electron chi connectivity index (χ4n) is 4.17. The van der Waals surface area contributed by atoms with Crippen LogP contribution in [-0.4, -0.2) is 61.0 Å². The lowest BCUT2D eigenvalue weighted by atomic mass is 9.97. The predicted molar refractivity (Wildman–Crippen MR) is 115 cm³/mol. The van der Waals surface area contributed by atoms with Crippen LogP contribution in [0.25, 0.3) is 0 Å². The zero-order valence-corrected chi connectivity index (χ0v) is 18.2. The van der Waals surface area contributed by atoms with Crippen LogP contribution < -0.4 is 16.0 Å². The number of carbonyl (C=O) groups is 2. The van der Waals surface area contributed by atoms with Gasteiger partial charge in [0.05, 0.1) is 23.6 Å². The molecule has 2 aliphatic heterocycles. The monoisotopic (exact) mass is 437 g/mol. The summed E-state index contributed by atoms with van der Waals surface area (Å²) in [5.41, 5.74) is 5.96. The Balaban J connectivity index is 1.65. The molecule has 0 spiro atoms. The summed E-state index contributed by atoms with van der Waals surface area (Å²) in [7, 11) is -3.44. The first kappa shape index (κ1) is 22.5. The lowest BCUT2D eigenvalue weighted by molar-refractivity contribution is -0.122. The molecule has 0 saturated carbocycles. The number of carbonyl (C=O) groups excluding carboxylic acids is 2. The molecule has 1 aromatic rings. The van der Waals surface area contributed by atoms with Crippen LogP contribution in [-0.2, 0) is 19.6 Å². The number of nitrogens with one attached hydrogen (secondary N) is 1. The minimum atomic E-state index is -3.44. The van der Waals surface area contributed by atoms with Crippen molar-refractivity contribution in [2.24, 2.45) is 11.7 Å². The van der Waals surface area contributed by atoms with Gasteiger partial charge in [-0.1, -0.05) is 13.3 Å². The second kappa shape index (κ2) is 9.74. The van der Waals surface area contributed by atoms with Crippen molar-refractivity contribution in [1.29, 1.82) is 0 Å². The van der Waals surface area contributed by atoms with Crippen LogP contribution in [0.4, 0.5) is 11.5 Å². The Labute approximate surface area is 178 Å². The van der Waals surface area contributed by atoms with Gasteiger partial charge in [-0.05, 0) is 44.2 Å². The van der Waals surface area contributed by atoms with E-state index in [0.717, 1.165) is 38.0 Å². The van der Waals surface area contributed by atoms with E-state index < -0.39 is 16.1 Å². The quantitative estimate of drug-likeness (QED) is 0.662. The Morgan fingerprint density at radius 2 is 2.00 bits per heavy atom. The van der Waals surface area contributed by atoms with E-state index in [1.54, 1.807) is 18.3 Å². The van der Waals surface area contributed by atoms with Crippen LogP contribution in [0.1, 0.15) is 45.4 Å². The number of sulfonamides is 1. The molecule has 2 saturated heterocycles. The molecular weight excluding hydrogens is 406 g/mol. The zero-order chi connectivity index (χ0) is 21.7. The third-order valence-corrected chi connectivity index (χ3v) is 7.81. The number of amides is 2. The number of pyridine rings is 1. The molecule has 3 heterocycles. The smallest absolute Gasteiger partial charge is 0.242 e. The van der Waals surface area contributed by atoms with E-state index >= 15 is 0 Å². The minimum absolute atomic E-state index is 0.0508. The van der Waals surface area contributed by atoms with Crippen molar-refractivity contribution in [3.8, 4) is 0 Å². The molecular formula is C20H31N5O4S. The summed E-state index contributed by atoms with van der Waals surface area (Å²) >= 11 is 0. The molecule has 1 aromatic heterocycles. The van der Waals surface area contributed by atoms with E-state index in [-0.39, 0.29) is 23.5 Å². The number of aromatic nitrogens is 1.